The monoisotopic (exact) mass is 223 g/mol. The molecule has 0 aromatic carbocycles. The van der Waals surface area contributed by atoms with Gasteiger partial charge in [-0.3, -0.25) is 4.68 Å². The van der Waals surface area contributed by atoms with Gasteiger partial charge in [0, 0.05) is 25.4 Å². The van der Waals surface area contributed by atoms with Crippen LogP contribution in [0.3, 0.4) is 0 Å². The fraction of sp³-hybridized carbons (Fsp3) is 0.636. The van der Waals surface area contributed by atoms with Crippen molar-refractivity contribution in [3.63, 3.8) is 0 Å². The molecule has 1 aromatic heterocycles. The van der Waals surface area contributed by atoms with E-state index >= 15 is 0 Å². The maximum atomic E-state index is 5.72. The molecule has 5 nitrogen and oxygen atoms in total. The Balaban J connectivity index is 2.58. The number of nitrogens with two attached hydrogens (primary N) is 1. The van der Waals surface area contributed by atoms with Crippen molar-refractivity contribution in [1.82, 2.24) is 15.1 Å². The standard InChI is InChI=1S/C11H21N5/c1-4-6-13-11(12)14-7-9-8-16(3)15-10(9)5-2/h8H,4-7H2,1-3H3,(H3,12,13,14). The van der Waals surface area contributed by atoms with Crippen LogP contribution >= 0.6 is 0 Å². The molecule has 16 heavy (non-hydrogen) atoms. The Labute approximate surface area is 96.7 Å². The van der Waals surface area contributed by atoms with E-state index in [4.69, 9.17) is 5.73 Å². The highest BCUT2D eigenvalue weighted by molar-refractivity contribution is 5.77. The SMILES string of the molecule is CCCNC(N)=NCc1cn(C)nc1CC. The molecule has 0 aliphatic carbocycles. The van der Waals surface area contributed by atoms with Gasteiger partial charge in [-0.15, -0.1) is 0 Å². The molecular formula is C11H21N5. The minimum absolute atomic E-state index is 0.507. The summed E-state index contributed by atoms with van der Waals surface area (Å²) in [6.45, 7) is 5.65. The van der Waals surface area contributed by atoms with Gasteiger partial charge < -0.3 is 11.1 Å². The highest BCUT2D eigenvalue weighted by Crippen LogP contribution is 2.08. The van der Waals surface area contributed by atoms with E-state index in [-0.39, 0.29) is 0 Å². The lowest BCUT2D eigenvalue weighted by Gasteiger charge is -2.02. The van der Waals surface area contributed by atoms with E-state index in [1.165, 1.54) is 0 Å². The largest absolute Gasteiger partial charge is 0.370 e. The quantitative estimate of drug-likeness (QED) is 0.573. The Kier molecular flexibility index (Phi) is 4.82. The molecular weight excluding hydrogens is 202 g/mol. The minimum atomic E-state index is 0.507. The molecule has 0 saturated carbocycles. The van der Waals surface area contributed by atoms with Gasteiger partial charge in [-0.25, -0.2) is 4.99 Å². The maximum absolute atomic E-state index is 5.72. The summed E-state index contributed by atoms with van der Waals surface area (Å²) < 4.78 is 1.82. The van der Waals surface area contributed by atoms with Crippen LogP contribution in [0.1, 0.15) is 31.5 Å². The van der Waals surface area contributed by atoms with Gasteiger partial charge in [0.05, 0.1) is 12.2 Å². The maximum Gasteiger partial charge on any atom is 0.188 e. The Morgan fingerprint density at radius 1 is 1.56 bits per heavy atom. The molecule has 0 aliphatic rings. The molecule has 0 amide bonds. The van der Waals surface area contributed by atoms with Gasteiger partial charge in [0.1, 0.15) is 0 Å². The summed E-state index contributed by atoms with van der Waals surface area (Å²) in [5, 5.41) is 7.40. The number of guanidine groups is 1. The molecule has 0 radical (unpaired) electrons. The smallest absolute Gasteiger partial charge is 0.188 e. The van der Waals surface area contributed by atoms with Crippen molar-refractivity contribution in [2.75, 3.05) is 6.54 Å². The summed E-state index contributed by atoms with van der Waals surface area (Å²) >= 11 is 0. The fourth-order valence-corrected chi connectivity index (χ4v) is 1.49. The van der Waals surface area contributed by atoms with E-state index in [1.54, 1.807) is 0 Å². The number of aromatic nitrogens is 2. The first-order chi connectivity index (χ1) is 7.67. The van der Waals surface area contributed by atoms with Crippen molar-refractivity contribution in [2.24, 2.45) is 17.8 Å². The van der Waals surface area contributed by atoms with E-state index in [2.05, 4.69) is 29.3 Å². The molecule has 0 bridgehead atoms. The summed E-state index contributed by atoms with van der Waals surface area (Å²) in [6.07, 6.45) is 3.97. The van der Waals surface area contributed by atoms with Gasteiger partial charge >= 0.3 is 0 Å². The third-order valence-corrected chi connectivity index (χ3v) is 2.30. The molecule has 0 fully saturated rings. The van der Waals surface area contributed by atoms with Crippen molar-refractivity contribution in [3.05, 3.63) is 17.5 Å². The van der Waals surface area contributed by atoms with Crippen LogP contribution in [-0.2, 0) is 20.0 Å². The normalized spacial score (nSPS) is 11.8. The highest BCUT2D eigenvalue weighted by atomic mass is 15.3. The molecule has 5 heteroatoms. The molecule has 0 atom stereocenters. The molecule has 0 spiro atoms. The predicted octanol–water partition coefficient (Wildman–Crippen LogP) is 0.797. The average Bonchev–Trinajstić information content (AvgIpc) is 2.64. The van der Waals surface area contributed by atoms with E-state index in [9.17, 15) is 0 Å². The first-order valence-corrected chi connectivity index (χ1v) is 5.72. The summed E-state index contributed by atoms with van der Waals surface area (Å²) in [5.74, 6) is 0.507. The van der Waals surface area contributed by atoms with Crippen LogP contribution in [0.5, 0.6) is 0 Å². The summed E-state index contributed by atoms with van der Waals surface area (Å²) in [6, 6.07) is 0. The van der Waals surface area contributed by atoms with Crippen molar-refractivity contribution in [2.45, 2.75) is 33.2 Å². The van der Waals surface area contributed by atoms with E-state index < -0.39 is 0 Å². The number of nitrogens with zero attached hydrogens (tertiary/aromatic N) is 3. The van der Waals surface area contributed by atoms with Gasteiger partial charge in [-0.05, 0) is 12.8 Å². The Bertz CT molecular complexity index is 353. The number of hydrogen-bond acceptors (Lipinski definition) is 2. The first kappa shape index (κ1) is 12.5. The average molecular weight is 223 g/mol. The van der Waals surface area contributed by atoms with Gasteiger partial charge in [0.15, 0.2) is 5.96 Å². The summed E-state index contributed by atoms with van der Waals surface area (Å²) in [5.41, 5.74) is 7.95. The Hall–Kier alpha value is -1.52. The van der Waals surface area contributed by atoms with Crippen LogP contribution in [0.2, 0.25) is 0 Å². The van der Waals surface area contributed by atoms with Crippen molar-refractivity contribution in [1.29, 1.82) is 0 Å². The molecule has 0 saturated heterocycles. The Morgan fingerprint density at radius 3 is 2.94 bits per heavy atom. The lowest BCUT2D eigenvalue weighted by molar-refractivity contribution is 0.746. The van der Waals surface area contributed by atoms with Crippen molar-refractivity contribution in [3.8, 4) is 0 Å². The minimum Gasteiger partial charge on any atom is -0.370 e. The third kappa shape index (κ3) is 3.56. The zero-order valence-corrected chi connectivity index (χ0v) is 10.3. The van der Waals surface area contributed by atoms with Crippen LogP contribution in [0, 0.1) is 0 Å². The molecule has 1 rings (SSSR count). The van der Waals surface area contributed by atoms with Crippen LogP contribution in [0.25, 0.3) is 0 Å². The summed E-state index contributed by atoms with van der Waals surface area (Å²) in [4.78, 5) is 4.28. The molecule has 3 N–H and O–H groups in total. The predicted molar refractivity (Wildman–Crippen MR) is 66.2 cm³/mol. The van der Waals surface area contributed by atoms with Gasteiger partial charge in [0.25, 0.3) is 0 Å². The lowest BCUT2D eigenvalue weighted by atomic mass is 10.2. The third-order valence-electron chi connectivity index (χ3n) is 2.30. The number of hydrogen-bond donors (Lipinski definition) is 2. The molecule has 0 unspecified atom stereocenters. The van der Waals surface area contributed by atoms with Gasteiger partial charge in [0.2, 0.25) is 0 Å². The van der Waals surface area contributed by atoms with Gasteiger partial charge in [-0.2, -0.15) is 5.10 Å². The molecule has 1 heterocycles. The highest BCUT2D eigenvalue weighted by Gasteiger charge is 2.04. The molecule has 1 aromatic rings. The van der Waals surface area contributed by atoms with Crippen molar-refractivity contribution < 1.29 is 0 Å². The number of nitrogens with one attached hydrogen (secondary N) is 1. The second kappa shape index (κ2) is 6.15. The Morgan fingerprint density at radius 2 is 2.31 bits per heavy atom. The van der Waals surface area contributed by atoms with E-state index in [1.807, 2.05) is 17.9 Å². The van der Waals surface area contributed by atoms with Crippen molar-refractivity contribution >= 4 is 5.96 Å². The zero-order chi connectivity index (χ0) is 12.0. The fourth-order valence-electron chi connectivity index (χ4n) is 1.49. The van der Waals surface area contributed by atoms with Crippen LogP contribution in [0.15, 0.2) is 11.2 Å². The van der Waals surface area contributed by atoms with E-state index in [0.717, 1.165) is 30.6 Å². The van der Waals surface area contributed by atoms with Crippen LogP contribution in [0.4, 0.5) is 0 Å². The lowest BCUT2D eigenvalue weighted by Crippen LogP contribution is -2.32. The van der Waals surface area contributed by atoms with Gasteiger partial charge in [-0.1, -0.05) is 13.8 Å². The number of aliphatic imine (C=N–C) groups is 1. The number of rotatable bonds is 5. The molecule has 0 aliphatic heterocycles. The number of aryl methyl sites for hydroxylation is 2. The first-order valence-electron chi connectivity index (χ1n) is 5.72. The molecule has 90 valence electrons. The topological polar surface area (TPSA) is 68.2 Å². The second-order valence-electron chi connectivity index (χ2n) is 3.76. The van der Waals surface area contributed by atoms with E-state index in [0.29, 0.717) is 12.5 Å². The summed E-state index contributed by atoms with van der Waals surface area (Å²) in [7, 11) is 1.92. The second-order valence-corrected chi connectivity index (χ2v) is 3.76. The van der Waals surface area contributed by atoms with Crippen LogP contribution < -0.4 is 11.1 Å². The zero-order valence-electron chi connectivity index (χ0n) is 10.3. The van der Waals surface area contributed by atoms with Crippen LogP contribution in [-0.4, -0.2) is 22.3 Å².